The smallest absolute Gasteiger partial charge is 0.0884 e. The van der Waals surface area contributed by atoms with Crippen LogP contribution in [0, 0.1) is 11.8 Å². The second-order valence-corrected chi connectivity index (χ2v) is 4.47. The minimum Gasteiger partial charge on any atom is -0.369 e. The second-order valence-electron chi connectivity index (χ2n) is 3.41. The molecule has 0 aromatic rings. The molecule has 0 aromatic carbocycles. The van der Waals surface area contributed by atoms with Gasteiger partial charge in [-0.15, -0.1) is 0 Å². The molecule has 0 spiro atoms. The van der Waals surface area contributed by atoms with Crippen LogP contribution >= 0.6 is 15.9 Å². The maximum absolute atomic E-state index is 5.48. The van der Waals surface area contributed by atoms with E-state index in [-0.39, 0.29) is 0 Å². The van der Waals surface area contributed by atoms with E-state index in [1.54, 1.807) is 0 Å². The molecule has 1 unspecified atom stereocenters. The van der Waals surface area contributed by atoms with Crippen molar-refractivity contribution in [3.05, 3.63) is 0 Å². The Bertz CT molecular complexity index is 143. The Morgan fingerprint density at radius 1 is 1.11 bits per heavy atom. The van der Waals surface area contributed by atoms with Gasteiger partial charge in [-0.1, -0.05) is 15.9 Å². The molecule has 1 nitrogen and oxygen atoms in total. The van der Waals surface area contributed by atoms with Crippen molar-refractivity contribution in [2.45, 2.75) is 29.9 Å². The second kappa shape index (κ2) is 1.37. The molecule has 1 saturated heterocycles. The van der Waals surface area contributed by atoms with E-state index in [0.717, 1.165) is 16.7 Å². The van der Waals surface area contributed by atoms with E-state index < -0.39 is 0 Å². The minimum absolute atomic E-state index is 0.674. The lowest BCUT2D eigenvalue weighted by atomic mass is 10.0. The van der Waals surface area contributed by atoms with Gasteiger partial charge in [-0.25, -0.2) is 0 Å². The summed E-state index contributed by atoms with van der Waals surface area (Å²) in [5, 5.41) is 0. The van der Waals surface area contributed by atoms with Crippen molar-refractivity contribution in [3.8, 4) is 0 Å². The van der Waals surface area contributed by atoms with Crippen LogP contribution in [0.25, 0.3) is 0 Å². The van der Waals surface area contributed by atoms with Crippen LogP contribution in [-0.2, 0) is 4.74 Å². The summed E-state index contributed by atoms with van der Waals surface area (Å²) in [7, 11) is 0. The first-order valence-corrected chi connectivity index (χ1v) is 4.59. The van der Waals surface area contributed by atoms with E-state index in [2.05, 4.69) is 15.9 Å². The van der Waals surface area contributed by atoms with Crippen LogP contribution in [0.5, 0.6) is 0 Å². The van der Waals surface area contributed by atoms with Crippen molar-refractivity contribution in [1.29, 1.82) is 0 Å². The molecule has 3 rings (SSSR count). The van der Waals surface area contributed by atoms with Gasteiger partial charge in [0.25, 0.3) is 0 Å². The Balaban J connectivity index is 2.00. The molecule has 9 heavy (non-hydrogen) atoms. The van der Waals surface area contributed by atoms with Gasteiger partial charge in [0.1, 0.15) is 0 Å². The molecule has 2 aliphatic carbocycles. The Morgan fingerprint density at radius 2 is 1.67 bits per heavy atom. The third-order valence-corrected chi connectivity index (χ3v) is 4.41. The topological polar surface area (TPSA) is 12.5 Å². The van der Waals surface area contributed by atoms with Crippen LogP contribution in [-0.4, -0.2) is 17.0 Å². The van der Waals surface area contributed by atoms with Gasteiger partial charge < -0.3 is 4.74 Å². The summed E-state index contributed by atoms with van der Waals surface area (Å²) in [6.45, 7) is 0. The molecule has 2 bridgehead atoms. The highest BCUT2D eigenvalue weighted by atomic mass is 79.9. The lowest BCUT2D eigenvalue weighted by molar-refractivity contribution is 0.272. The maximum atomic E-state index is 5.48. The summed E-state index contributed by atoms with van der Waals surface area (Å²) in [6, 6.07) is 0. The molecule has 50 valence electrons. The largest absolute Gasteiger partial charge is 0.369 e. The quantitative estimate of drug-likeness (QED) is 0.416. The molecule has 0 radical (unpaired) electrons. The Hall–Kier alpha value is 0.440. The molecule has 0 amide bonds. The number of fused-ring (bicyclic) bond motifs is 5. The van der Waals surface area contributed by atoms with Crippen LogP contribution in [0.15, 0.2) is 0 Å². The fourth-order valence-corrected chi connectivity index (χ4v) is 3.67. The van der Waals surface area contributed by atoms with Gasteiger partial charge in [-0.05, 0) is 12.8 Å². The van der Waals surface area contributed by atoms with Gasteiger partial charge in [-0.3, -0.25) is 0 Å². The fraction of sp³-hybridized carbons (Fsp3) is 1.00. The maximum Gasteiger partial charge on any atom is 0.0884 e. The molecule has 2 saturated carbocycles. The van der Waals surface area contributed by atoms with E-state index >= 15 is 0 Å². The molecule has 0 N–H and O–H groups in total. The summed E-state index contributed by atoms with van der Waals surface area (Å²) in [5.41, 5.74) is 0. The van der Waals surface area contributed by atoms with E-state index in [4.69, 9.17) is 4.74 Å². The molecule has 3 fully saturated rings. The van der Waals surface area contributed by atoms with Crippen LogP contribution in [0.4, 0.5) is 0 Å². The van der Waals surface area contributed by atoms with Crippen LogP contribution in [0.3, 0.4) is 0 Å². The molecule has 1 heterocycles. The molecule has 0 aromatic heterocycles. The molecule has 3 aliphatic rings. The predicted molar refractivity (Wildman–Crippen MR) is 37.6 cm³/mol. The third-order valence-electron chi connectivity index (χ3n) is 3.06. The Kier molecular flexibility index (Phi) is 0.784. The first-order chi connectivity index (χ1) is 4.38. The number of epoxide rings is 1. The summed E-state index contributed by atoms with van der Waals surface area (Å²) in [4.78, 5) is 0.807. The average molecular weight is 189 g/mol. The van der Waals surface area contributed by atoms with Crippen molar-refractivity contribution in [2.75, 3.05) is 0 Å². The van der Waals surface area contributed by atoms with E-state index in [1.807, 2.05) is 0 Å². The SMILES string of the molecule is BrC1[C@H]2CC[C@@H]1[C@H]1O[C@H]12. The highest BCUT2D eigenvalue weighted by molar-refractivity contribution is 9.09. The van der Waals surface area contributed by atoms with Crippen molar-refractivity contribution < 1.29 is 4.74 Å². The zero-order valence-electron chi connectivity index (χ0n) is 5.09. The molecular formula is C7H9BrO. The summed E-state index contributed by atoms with van der Waals surface area (Å²) >= 11 is 3.72. The lowest BCUT2D eigenvalue weighted by Crippen LogP contribution is -2.11. The number of hydrogen-bond acceptors (Lipinski definition) is 1. The van der Waals surface area contributed by atoms with E-state index in [0.29, 0.717) is 12.2 Å². The standard InChI is InChI=1S/C7H9BrO/c8-5-3-1-2-4(5)7-6(3)9-7/h3-7H,1-2H2/t3-,4+,5?,6+,7-. The van der Waals surface area contributed by atoms with Crippen molar-refractivity contribution >= 4 is 15.9 Å². The van der Waals surface area contributed by atoms with Crippen LogP contribution in [0.2, 0.25) is 0 Å². The average Bonchev–Trinajstić information content (AvgIpc) is 2.53. The Labute approximate surface area is 62.9 Å². The summed E-state index contributed by atoms with van der Waals surface area (Å²) < 4.78 is 5.48. The number of halogens is 1. The minimum atomic E-state index is 0.674. The van der Waals surface area contributed by atoms with E-state index in [9.17, 15) is 0 Å². The van der Waals surface area contributed by atoms with Crippen LogP contribution < -0.4 is 0 Å². The van der Waals surface area contributed by atoms with Crippen LogP contribution in [0.1, 0.15) is 12.8 Å². The fourth-order valence-electron chi connectivity index (χ4n) is 2.54. The van der Waals surface area contributed by atoms with Gasteiger partial charge >= 0.3 is 0 Å². The molecule has 2 heteroatoms. The first kappa shape index (κ1) is 5.14. The molecular weight excluding hydrogens is 180 g/mol. The first-order valence-electron chi connectivity index (χ1n) is 3.67. The number of hydrogen-bond donors (Lipinski definition) is 0. The van der Waals surface area contributed by atoms with Crippen molar-refractivity contribution in [1.82, 2.24) is 0 Å². The van der Waals surface area contributed by atoms with Gasteiger partial charge in [0.2, 0.25) is 0 Å². The van der Waals surface area contributed by atoms with Gasteiger partial charge in [0.05, 0.1) is 12.2 Å². The zero-order valence-corrected chi connectivity index (χ0v) is 6.67. The number of ether oxygens (including phenoxy) is 1. The highest BCUT2D eigenvalue weighted by Gasteiger charge is 2.64. The zero-order chi connectivity index (χ0) is 6.01. The Morgan fingerprint density at radius 3 is 2.00 bits per heavy atom. The van der Waals surface area contributed by atoms with Crippen molar-refractivity contribution in [2.24, 2.45) is 11.8 Å². The predicted octanol–water partition coefficient (Wildman–Crippen LogP) is 1.56. The van der Waals surface area contributed by atoms with Crippen molar-refractivity contribution in [3.63, 3.8) is 0 Å². The summed E-state index contributed by atoms with van der Waals surface area (Å²) in [6.07, 6.45) is 4.16. The molecule has 1 aliphatic heterocycles. The molecule has 5 atom stereocenters. The highest BCUT2D eigenvalue weighted by Crippen LogP contribution is 2.58. The lowest BCUT2D eigenvalue weighted by Gasteiger charge is -2.08. The summed E-state index contributed by atoms with van der Waals surface area (Å²) in [5.74, 6) is 1.75. The van der Waals surface area contributed by atoms with Gasteiger partial charge in [-0.2, -0.15) is 0 Å². The number of rotatable bonds is 0. The third kappa shape index (κ3) is 0.465. The van der Waals surface area contributed by atoms with Gasteiger partial charge in [0, 0.05) is 16.7 Å². The number of alkyl halides is 1. The normalized spacial score (nSPS) is 68.3. The van der Waals surface area contributed by atoms with E-state index in [1.165, 1.54) is 12.8 Å². The monoisotopic (exact) mass is 188 g/mol. The van der Waals surface area contributed by atoms with Gasteiger partial charge in [0.15, 0.2) is 0 Å².